The van der Waals surface area contributed by atoms with Gasteiger partial charge in [-0.2, -0.15) is 10.1 Å². The maximum Gasteiger partial charge on any atom is 0.444 e. The summed E-state index contributed by atoms with van der Waals surface area (Å²) in [5, 5.41) is 3.62. The summed E-state index contributed by atoms with van der Waals surface area (Å²) >= 11 is 6.17. The van der Waals surface area contributed by atoms with Crippen molar-refractivity contribution in [3.63, 3.8) is 0 Å². The van der Waals surface area contributed by atoms with Crippen LogP contribution in [-0.2, 0) is 12.1 Å². The molecule has 0 saturated heterocycles. The standard InChI is InChI=1S/C13H17ClN4O/c1-13(2,3)18-12(19)16-11(17-18)9-6-8(7-15)4-5-10(9)14/h4-6H,7,15H2,1-3H3,(H,16,17,19)/p+1. The normalized spacial score (nSPS) is 11.8. The maximum absolute atomic E-state index is 11.9. The van der Waals surface area contributed by atoms with Gasteiger partial charge in [0, 0.05) is 6.54 Å². The molecule has 0 bridgehead atoms. The molecule has 19 heavy (non-hydrogen) atoms. The Kier molecular flexibility index (Phi) is 3.52. The van der Waals surface area contributed by atoms with Gasteiger partial charge in [0.05, 0.1) is 16.1 Å². The van der Waals surface area contributed by atoms with Gasteiger partial charge in [0.1, 0.15) is 0 Å². The van der Waals surface area contributed by atoms with Gasteiger partial charge in [-0.25, -0.2) is 4.79 Å². The summed E-state index contributed by atoms with van der Waals surface area (Å²) < 4.78 is 1.54. The Hall–Kier alpha value is -1.59. The number of hydrogen-bond acceptors (Lipinski definition) is 2. The van der Waals surface area contributed by atoms with Crippen molar-refractivity contribution in [2.24, 2.45) is 5.73 Å². The number of nitrogens with one attached hydrogen (secondary N) is 2. The molecule has 0 aliphatic carbocycles. The van der Waals surface area contributed by atoms with Crippen LogP contribution in [0.25, 0.3) is 11.4 Å². The summed E-state index contributed by atoms with van der Waals surface area (Å²) in [5.41, 5.74) is 6.79. The molecule has 0 saturated carbocycles. The van der Waals surface area contributed by atoms with Crippen LogP contribution in [0.4, 0.5) is 0 Å². The van der Waals surface area contributed by atoms with Gasteiger partial charge in [0.15, 0.2) is 0 Å². The Morgan fingerprint density at radius 3 is 2.63 bits per heavy atom. The average molecular weight is 282 g/mol. The molecule has 6 heteroatoms. The summed E-state index contributed by atoms with van der Waals surface area (Å²) in [6.07, 6.45) is 0. The summed E-state index contributed by atoms with van der Waals surface area (Å²) in [6, 6.07) is 5.52. The molecule has 0 unspecified atom stereocenters. The van der Waals surface area contributed by atoms with Crippen LogP contribution < -0.4 is 16.5 Å². The second-order valence-corrected chi connectivity index (χ2v) is 5.85. The van der Waals surface area contributed by atoms with Crippen molar-refractivity contribution in [3.8, 4) is 11.4 Å². The Bertz CT molecular complexity index is 651. The van der Waals surface area contributed by atoms with E-state index in [0.717, 1.165) is 11.1 Å². The van der Waals surface area contributed by atoms with Crippen LogP contribution in [0, 0.1) is 0 Å². The lowest BCUT2D eigenvalue weighted by atomic mass is 10.1. The largest absolute Gasteiger partial charge is 0.444 e. The van der Waals surface area contributed by atoms with Crippen molar-refractivity contribution in [2.75, 3.05) is 0 Å². The van der Waals surface area contributed by atoms with Crippen LogP contribution in [0.1, 0.15) is 26.3 Å². The minimum absolute atomic E-state index is 0.197. The Labute approximate surface area is 116 Å². The average Bonchev–Trinajstić information content (AvgIpc) is 2.71. The molecule has 1 aromatic heterocycles. The van der Waals surface area contributed by atoms with E-state index in [9.17, 15) is 4.79 Å². The Morgan fingerprint density at radius 1 is 1.42 bits per heavy atom. The number of H-pyrrole nitrogens is 2. The van der Waals surface area contributed by atoms with E-state index in [2.05, 4.69) is 10.1 Å². The number of aromatic amines is 2. The number of benzene rings is 1. The molecule has 2 aromatic rings. The zero-order valence-corrected chi connectivity index (χ0v) is 12.0. The molecule has 0 aliphatic heterocycles. The number of rotatable bonds is 2. The first-order valence-corrected chi connectivity index (χ1v) is 6.44. The zero-order chi connectivity index (χ0) is 14.2. The Morgan fingerprint density at radius 2 is 2.11 bits per heavy atom. The van der Waals surface area contributed by atoms with Crippen molar-refractivity contribution in [1.29, 1.82) is 0 Å². The second kappa shape index (κ2) is 4.83. The maximum atomic E-state index is 11.9. The van der Waals surface area contributed by atoms with E-state index in [0.29, 0.717) is 17.4 Å². The van der Waals surface area contributed by atoms with Crippen molar-refractivity contribution >= 4 is 11.6 Å². The van der Waals surface area contributed by atoms with Crippen molar-refractivity contribution in [1.82, 2.24) is 9.67 Å². The lowest BCUT2D eigenvalue weighted by molar-refractivity contribution is -0.493. The van der Waals surface area contributed by atoms with Crippen LogP contribution in [-0.4, -0.2) is 9.67 Å². The summed E-state index contributed by atoms with van der Waals surface area (Å²) in [4.78, 5) is 14.7. The molecule has 1 aromatic carbocycles. The molecule has 0 radical (unpaired) electrons. The van der Waals surface area contributed by atoms with Gasteiger partial charge >= 0.3 is 11.5 Å². The van der Waals surface area contributed by atoms with Crippen LogP contribution >= 0.6 is 11.6 Å². The van der Waals surface area contributed by atoms with Gasteiger partial charge in [-0.3, -0.25) is 0 Å². The van der Waals surface area contributed by atoms with E-state index < -0.39 is 0 Å². The highest BCUT2D eigenvalue weighted by Gasteiger charge is 2.24. The fourth-order valence-electron chi connectivity index (χ4n) is 1.84. The summed E-state index contributed by atoms with van der Waals surface area (Å²) in [7, 11) is 0. The van der Waals surface area contributed by atoms with E-state index >= 15 is 0 Å². The van der Waals surface area contributed by atoms with Crippen LogP contribution in [0.5, 0.6) is 0 Å². The third kappa shape index (κ3) is 2.72. The second-order valence-electron chi connectivity index (χ2n) is 5.44. The number of aromatic nitrogens is 3. The van der Waals surface area contributed by atoms with Gasteiger partial charge in [-0.15, -0.1) is 4.68 Å². The molecule has 0 atom stereocenters. The molecule has 0 amide bonds. The monoisotopic (exact) mass is 281 g/mol. The first-order valence-electron chi connectivity index (χ1n) is 6.06. The topological polar surface area (TPSA) is 78.0 Å². The van der Waals surface area contributed by atoms with Crippen molar-refractivity contribution in [2.45, 2.75) is 32.9 Å². The van der Waals surface area contributed by atoms with Crippen LogP contribution in [0.15, 0.2) is 23.0 Å². The van der Waals surface area contributed by atoms with E-state index in [1.54, 1.807) is 6.07 Å². The van der Waals surface area contributed by atoms with Gasteiger partial charge in [-0.1, -0.05) is 17.7 Å². The van der Waals surface area contributed by atoms with Gasteiger partial charge in [0.25, 0.3) is 0 Å². The highest BCUT2D eigenvalue weighted by Crippen LogP contribution is 2.24. The number of hydrogen-bond donors (Lipinski definition) is 2. The predicted molar refractivity (Wildman–Crippen MR) is 74.9 cm³/mol. The van der Waals surface area contributed by atoms with Crippen molar-refractivity contribution in [3.05, 3.63) is 39.3 Å². The van der Waals surface area contributed by atoms with E-state index in [1.165, 1.54) is 4.68 Å². The fourth-order valence-corrected chi connectivity index (χ4v) is 2.06. The van der Waals surface area contributed by atoms with E-state index in [-0.39, 0.29) is 11.2 Å². The molecule has 0 aliphatic rings. The summed E-state index contributed by atoms with van der Waals surface area (Å²) in [6.45, 7) is 6.26. The first kappa shape index (κ1) is 13.8. The van der Waals surface area contributed by atoms with Gasteiger partial charge in [-0.05, 0) is 38.5 Å². The van der Waals surface area contributed by atoms with E-state index in [1.807, 2.05) is 32.9 Å². The molecule has 1 heterocycles. The first-order chi connectivity index (χ1) is 8.82. The molecular formula is C13H18ClN4O+. The van der Waals surface area contributed by atoms with E-state index in [4.69, 9.17) is 17.3 Å². The third-order valence-corrected chi connectivity index (χ3v) is 3.19. The number of nitrogens with two attached hydrogens (primary N) is 1. The Balaban J connectivity index is 2.57. The van der Waals surface area contributed by atoms with Gasteiger partial charge in [0.2, 0.25) is 0 Å². The number of nitrogens with zero attached hydrogens (tertiary/aromatic N) is 1. The molecule has 0 fully saturated rings. The lowest BCUT2D eigenvalue weighted by Crippen LogP contribution is -2.40. The fraction of sp³-hybridized carbons (Fsp3) is 0.385. The minimum Gasteiger partial charge on any atom is -0.326 e. The minimum atomic E-state index is -0.330. The quantitative estimate of drug-likeness (QED) is 0.875. The summed E-state index contributed by atoms with van der Waals surface area (Å²) in [5.74, 6) is 0.584. The molecule has 102 valence electrons. The molecule has 2 rings (SSSR count). The molecular weight excluding hydrogens is 264 g/mol. The zero-order valence-electron chi connectivity index (χ0n) is 11.2. The smallest absolute Gasteiger partial charge is 0.326 e. The predicted octanol–water partition coefficient (Wildman–Crippen LogP) is 1.52. The van der Waals surface area contributed by atoms with Crippen LogP contribution in [0.3, 0.4) is 0 Å². The molecule has 0 spiro atoms. The highest BCUT2D eigenvalue weighted by molar-refractivity contribution is 6.33. The SMILES string of the molecule is CC(C)(C)n1[nH+]c(-c2cc(CN)ccc2Cl)[nH]c1=O. The lowest BCUT2D eigenvalue weighted by Gasteiger charge is -2.13. The van der Waals surface area contributed by atoms with Crippen LogP contribution in [0.2, 0.25) is 5.02 Å². The third-order valence-electron chi connectivity index (χ3n) is 2.87. The van der Waals surface area contributed by atoms with Crippen molar-refractivity contribution < 1.29 is 5.10 Å². The van der Waals surface area contributed by atoms with Gasteiger partial charge < -0.3 is 5.73 Å². The molecule has 4 N–H and O–H groups in total. The highest BCUT2D eigenvalue weighted by atomic mass is 35.5. The molecule has 5 nitrogen and oxygen atoms in total. The number of halogens is 1.